The molecule has 4 heteroatoms. The van der Waals surface area contributed by atoms with Crippen molar-refractivity contribution in [2.75, 3.05) is 20.3 Å². The van der Waals surface area contributed by atoms with Crippen molar-refractivity contribution in [2.24, 2.45) is 0 Å². The van der Waals surface area contributed by atoms with Gasteiger partial charge in [-0.2, -0.15) is 0 Å². The minimum Gasteiger partial charge on any atom is -0.493 e. The third-order valence-corrected chi connectivity index (χ3v) is 3.01. The summed E-state index contributed by atoms with van der Waals surface area (Å²) in [5, 5.41) is 12.4. The first-order chi connectivity index (χ1) is 8.33. The lowest BCUT2D eigenvalue weighted by atomic mass is 10.2. The molecule has 0 aliphatic carbocycles. The van der Waals surface area contributed by atoms with Gasteiger partial charge in [-0.3, -0.25) is 0 Å². The standard InChI is InChI=1S/C13H19NO3/c1-16-13-7-10(8-15)4-5-12(13)17-9-11-3-2-6-14-11/h4-5,7,11,14-15H,2-3,6,8-9H2,1H3/t11-/m1/s1. The number of aliphatic hydroxyl groups is 1. The molecule has 0 aromatic heterocycles. The zero-order valence-corrected chi connectivity index (χ0v) is 10.1. The Labute approximate surface area is 102 Å². The second-order valence-corrected chi connectivity index (χ2v) is 4.25. The van der Waals surface area contributed by atoms with E-state index in [1.54, 1.807) is 13.2 Å². The van der Waals surface area contributed by atoms with Crippen LogP contribution in [-0.4, -0.2) is 31.4 Å². The summed E-state index contributed by atoms with van der Waals surface area (Å²) in [6.07, 6.45) is 2.38. The molecule has 4 nitrogen and oxygen atoms in total. The zero-order chi connectivity index (χ0) is 12.1. The van der Waals surface area contributed by atoms with Gasteiger partial charge in [0.1, 0.15) is 6.61 Å². The van der Waals surface area contributed by atoms with Gasteiger partial charge in [0.25, 0.3) is 0 Å². The summed E-state index contributed by atoms with van der Waals surface area (Å²) >= 11 is 0. The molecule has 0 radical (unpaired) electrons. The molecule has 1 aliphatic heterocycles. The first-order valence-corrected chi connectivity index (χ1v) is 5.97. The molecule has 1 aromatic carbocycles. The molecule has 0 amide bonds. The van der Waals surface area contributed by atoms with Gasteiger partial charge >= 0.3 is 0 Å². The average Bonchev–Trinajstić information content (AvgIpc) is 2.89. The van der Waals surface area contributed by atoms with Crippen LogP contribution in [0.15, 0.2) is 18.2 Å². The molecule has 1 aliphatic rings. The fourth-order valence-electron chi connectivity index (χ4n) is 2.02. The second kappa shape index (κ2) is 5.89. The summed E-state index contributed by atoms with van der Waals surface area (Å²) in [5.74, 6) is 1.41. The van der Waals surface area contributed by atoms with Crippen LogP contribution in [0.25, 0.3) is 0 Å². The van der Waals surface area contributed by atoms with Crippen molar-refractivity contribution in [3.63, 3.8) is 0 Å². The van der Waals surface area contributed by atoms with Crippen LogP contribution in [-0.2, 0) is 6.61 Å². The zero-order valence-electron chi connectivity index (χ0n) is 10.1. The second-order valence-electron chi connectivity index (χ2n) is 4.25. The summed E-state index contributed by atoms with van der Waals surface area (Å²) in [5.41, 5.74) is 0.827. The Kier molecular flexibility index (Phi) is 4.23. The van der Waals surface area contributed by atoms with E-state index in [1.807, 2.05) is 12.1 Å². The normalized spacial score (nSPS) is 19.3. The van der Waals surface area contributed by atoms with E-state index >= 15 is 0 Å². The summed E-state index contributed by atoms with van der Waals surface area (Å²) in [6, 6.07) is 5.94. The van der Waals surface area contributed by atoms with Crippen LogP contribution in [0.2, 0.25) is 0 Å². The minimum absolute atomic E-state index is 0.0147. The number of nitrogens with one attached hydrogen (secondary N) is 1. The van der Waals surface area contributed by atoms with Gasteiger partial charge < -0.3 is 19.9 Å². The van der Waals surface area contributed by atoms with Crippen LogP contribution >= 0.6 is 0 Å². The van der Waals surface area contributed by atoms with Crippen molar-refractivity contribution >= 4 is 0 Å². The van der Waals surface area contributed by atoms with Crippen molar-refractivity contribution in [3.05, 3.63) is 23.8 Å². The molecule has 0 spiro atoms. The van der Waals surface area contributed by atoms with Gasteiger partial charge in [0, 0.05) is 6.04 Å². The van der Waals surface area contributed by atoms with E-state index in [1.165, 1.54) is 6.42 Å². The third-order valence-electron chi connectivity index (χ3n) is 3.01. The highest BCUT2D eigenvalue weighted by molar-refractivity contribution is 5.42. The minimum atomic E-state index is 0.0147. The highest BCUT2D eigenvalue weighted by Crippen LogP contribution is 2.28. The van der Waals surface area contributed by atoms with Gasteiger partial charge in [0.2, 0.25) is 0 Å². The molecule has 94 valence electrons. The van der Waals surface area contributed by atoms with E-state index in [4.69, 9.17) is 14.6 Å². The van der Waals surface area contributed by atoms with Gasteiger partial charge in [-0.1, -0.05) is 6.07 Å². The number of benzene rings is 1. The molecular formula is C13H19NO3. The van der Waals surface area contributed by atoms with Crippen molar-refractivity contribution in [2.45, 2.75) is 25.5 Å². The van der Waals surface area contributed by atoms with E-state index in [-0.39, 0.29) is 6.61 Å². The summed E-state index contributed by atoms with van der Waals surface area (Å²) in [7, 11) is 1.61. The fraction of sp³-hybridized carbons (Fsp3) is 0.538. The van der Waals surface area contributed by atoms with Crippen LogP contribution in [0.1, 0.15) is 18.4 Å². The quantitative estimate of drug-likeness (QED) is 0.811. The van der Waals surface area contributed by atoms with Crippen LogP contribution in [0, 0.1) is 0 Å². The van der Waals surface area contributed by atoms with Crippen LogP contribution < -0.4 is 14.8 Å². The van der Waals surface area contributed by atoms with Crippen LogP contribution in [0.3, 0.4) is 0 Å². The first kappa shape index (κ1) is 12.2. The predicted molar refractivity (Wildman–Crippen MR) is 65.4 cm³/mol. The number of aliphatic hydroxyl groups excluding tert-OH is 1. The number of methoxy groups -OCH3 is 1. The van der Waals surface area contributed by atoms with Gasteiger partial charge in [0.05, 0.1) is 13.7 Å². The van der Waals surface area contributed by atoms with Crippen molar-refractivity contribution in [1.82, 2.24) is 5.32 Å². The molecule has 1 saturated heterocycles. The maximum atomic E-state index is 9.04. The Balaban J connectivity index is 1.98. The lowest BCUT2D eigenvalue weighted by molar-refractivity contribution is 0.260. The third kappa shape index (κ3) is 3.11. The number of hydrogen-bond acceptors (Lipinski definition) is 4. The Hall–Kier alpha value is -1.26. The van der Waals surface area contributed by atoms with E-state index in [2.05, 4.69) is 5.32 Å². The maximum absolute atomic E-state index is 9.04. The molecule has 1 heterocycles. The predicted octanol–water partition coefficient (Wildman–Crippen LogP) is 1.32. The Morgan fingerprint density at radius 2 is 2.29 bits per heavy atom. The van der Waals surface area contributed by atoms with Gasteiger partial charge in [-0.15, -0.1) is 0 Å². The van der Waals surface area contributed by atoms with Crippen molar-refractivity contribution < 1.29 is 14.6 Å². The monoisotopic (exact) mass is 237 g/mol. The number of hydrogen-bond donors (Lipinski definition) is 2. The van der Waals surface area contributed by atoms with Gasteiger partial charge in [-0.25, -0.2) is 0 Å². The van der Waals surface area contributed by atoms with Crippen molar-refractivity contribution in [1.29, 1.82) is 0 Å². The molecule has 2 rings (SSSR count). The molecule has 1 aromatic rings. The lowest BCUT2D eigenvalue weighted by Gasteiger charge is -2.15. The largest absolute Gasteiger partial charge is 0.493 e. The maximum Gasteiger partial charge on any atom is 0.161 e. The van der Waals surface area contributed by atoms with Crippen LogP contribution in [0.4, 0.5) is 0 Å². The summed E-state index contributed by atoms with van der Waals surface area (Å²) in [4.78, 5) is 0. The Bertz CT molecular complexity index is 362. The molecule has 1 atom stereocenters. The number of ether oxygens (including phenoxy) is 2. The summed E-state index contributed by atoms with van der Waals surface area (Å²) in [6.45, 7) is 1.75. The van der Waals surface area contributed by atoms with E-state index in [9.17, 15) is 0 Å². The fourth-order valence-corrected chi connectivity index (χ4v) is 2.02. The van der Waals surface area contributed by atoms with E-state index in [0.717, 1.165) is 24.3 Å². The molecule has 0 bridgehead atoms. The highest BCUT2D eigenvalue weighted by Gasteiger charge is 2.15. The smallest absolute Gasteiger partial charge is 0.161 e. The van der Waals surface area contributed by atoms with Gasteiger partial charge in [0.15, 0.2) is 11.5 Å². The summed E-state index contributed by atoms with van der Waals surface area (Å²) < 4.78 is 11.0. The van der Waals surface area contributed by atoms with Gasteiger partial charge in [-0.05, 0) is 37.1 Å². The topological polar surface area (TPSA) is 50.7 Å². The molecular weight excluding hydrogens is 218 g/mol. The molecule has 1 fully saturated rings. The SMILES string of the molecule is COc1cc(CO)ccc1OC[C@H]1CCCN1. The number of rotatable bonds is 5. The van der Waals surface area contributed by atoms with E-state index < -0.39 is 0 Å². The van der Waals surface area contributed by atoms with Crippen molar-refractivity contribution in [3.8, 4) is 11.5 Å². The molecule has 2 N–H and O–H groups in total. The first-order valence-electron chi connectivity index (χ1n) is 5.97. The average molecular weight is 237 g/mol. The molecule has 0 unspecified atom stereocenters. The Morgan fingerprint density at radius 3 is 2.94 bits per heavy atom. The lowest BCUT2D eigenvalue weighted by Crippen LogP contribution is -2.28. The highest BCUT2D eigenvalue weighted by atomic mass is 16.5. The molecule has 0 saturated carbocycles. The Morgan fingerprint density at radius 1 is 1.41 bits per heavy atom. The van der Waals surface area contributed by atoms with E-state index in [0.29, 0.717) is 18.4 Å². The van der Waals surface area contributed by atoms with Crippen LogP contribution in [0.5, 0.6) is 11.5 Å². The molecule has 17 heavy (non-hydrogen) atoms.